The van der Waals surface area contributed by atoms with Gasteiger partial charge in [-0.25, -0.2) is 0 Å². The largest absolute Gasteiger partial charge is 0.368 e. The van der Waals surface area contributed by atoms with Crippen molar-refractivity contribution in [3.63, 3.8) is 0 Å². The van der Waals surface area contributed by atoms with Crippen molar-refractivity contribution < 1.29 is 4.74 Å². The van der Waals surface area contributed by atoms with E-state index in [0.29, 0.717) is 6.04 Å². The van der Waals surface area contributed by atoms with Crippen molar-refractivity contribution in [2.75, 3.05) is 46.3 Å². The molecule has 0 bridgehead atoms. The predicted octanol–water partition coefficient (Wildman–Crippen LogP) is 1.56. The first-order valence-electron chi connectivity index (χ1n) is 8.13. The molecule has 2 aliphatic rings. The normalized spacial score (nSPS) is 30.8. The van der Waals surface area contributed by atoms with Crippen molar-refractivity contribution in [2.45, 2.75) is 57.8 Å². The van der Waals surface area contributed by atoms with Gasteiger partial charge in [0.15, 0.2) is 0 Å². The van der Waals surface area contributed by atoms with Gasteiger partial charge in [0.25, 0.3) is 0 Å². The lowest BCUT2D eigenvalue weighted by molar-refractivity contribution is -0.0698. The van der Waals surface area contributed by atoms with Crippen LogP contribution in [-0.4, -0.2) is 73.4 Å². The quantitative estimate of drug-likeness (QED) is 0.775. The Labute approximate surface area is 124 Å². The fourth-order valence-corrected chi connectivity index (χ4v) is 3.53. The van der Waals surface area contributed by atoms with E-state index in [0.717, 1.165) is 13.0 Å². The average Bonchev–Trinajstić information content (AvgIpc) is 2.55. The number of nitrogens with zero attached hydrogens (tertiary/aromatic N) is 2. The third kappa shape index (κ3) is 4.42. The first-order valence-corrected chi connectivity index (χ1v) is 8.13. The van der Waals surface area contributed by atoms with E-state index in [1.165, 1.54) is 39.1 Å². The van der Waals surface area contributed by atoms with Crippen LogP contribution < -0.4 is 5.32 Å². The molecule has 0 radical (unpaired) electrons. The maximum Gasteiger partial charge on any atom is 0.0787 e. The molecule has 0 aromatic rings. The lowest BCUT2D eigenvalue weighted by atomic mass is 9.94. The highest BCUT2D eigenvalue weighted by atomic mass is 16.5. The van der Waals surface area contributed by atoms with E-state index in [1.807, 2.05) is 0 Å². The molecule has 0 amide bonds. The summed E-state index contributed by atoms with van der Waals surface area (Å²) in [6, 6.07) is 0.477. The minimum absolute atomic E-state index is 0.0125. The molecule has 2 rings (SSSR count). The number of piperazine rings is 1. The Hall–Kier alpha value is -0.160. The van der Waals surface area contributed by atoms with Crippen molar-refractivity contribution in [2.24, 2.45) is 0 Å². The summed E-state index contributed by atoms with van der Waals surface area (Å²) < 4.78 is 6.13. The van der Waals surface area contributed by atoms with E-state index in [1.54, 1.807) is 0 Å². The van der Waals surface area contributed by atoms with E-state index < -0.39 is 0 Å². The van der Waals surface area contributed by atoms with Gasteiger partial charge in [0.2, 0.25) is 0 Å². The lowest BCUT2D eigenvalue weighted by Crippen LogP contribution is -2.46. The number of ether oxygens (including phenoxy) is 1. The summed E-state index contributed by atoms with van der Waals surface area (Å²) in [7, 11) is 2.21. The smallest absolute Gasteiger partial charge is 0.0787 e. The minimum Gasteiger partial charge on any atom is -0.368 e. The van der Waals surface area contributed by atoms with Crippen molar-refractivity contribution >= 4 is 0 Å². The molecule has 0 aliphatic carbocycles. The summed E-state index contributed by atoms with van der Waals surface area (Å²) in [5.74, 6) is 0. The molecular formula is C16H33N3O. The number of hydrogen-bond acceptors (Lipinski definition) is 4. The van der Waals surface area contributed by atoms with Gasteiger partial charge in [0.1, 0.15) is 0 Å². The summed E-state index contributed by atoms with van der Waals surface area (Å²) in [6.07, 6.45) is 2.34. The van der Waals surface area contributed by atoms with Gasteiger partial charge in [-0.05, 0) is 60.7 Å². The minimum atomic E-state index is -0.0443. The van der Waals surface area contributed by atoms with Gasteiger partial charge in [-0.2, -0.15) is 0 Å². The van der Waals surface area contributed by atoms with Gasteiger partial charge < -0.3 is 19.9 Å². The van der Waals surface area contributed by atoms with Crippen molar-refractivity contribution in [3.8, 4) is 0 Å². The molecule has 4 nitrogen and oxygen atoms in total. The number of nitrogens with one attached hydrogen (secondary N) is 1. The maximum atomic E-state index is 6.13. The van der Waals surface area contributed by atoms with Crippen LogP contribution in [0.2, 0.25) is 0 Å². The maximum absolute atomic E-state index is 6.13. The van der Waals surface area contributed by atoms with Gasteiger partial charge in [0.05, 0.1) is 11.2 Å². The molecule has 0 saturated carbocycles. The summed E-state index contributed by atoms with van der Waals surface area (Å²) >= 11 is 0. The Morgan fingerprint density at radius 3 is 2.30 bits per heavy atom. The van der Waals surface area contributed by atoms with Gasteiger partial charge in [0, 0.05) is 32.2 Å². The van der Waals surface area contributed by atoms with Crippen molar-refractivity contribution in [1.29, 1.82) is 0 Å². The van der Waals surface area contributed by atoms with E-state index >= 15 is 0 Å². The standard InChI is InChI=1S/C16H33N3O/c1-15(2)13-14(16(3,4)20-15)17-7-6-8-19-11-9-18(5)10-12-19/h14,17H,6-13H2,1-5H3. The van der Waals surface area contributed by atoms with Crippen LogP contribution in [0.15, 0.2) is 0 Å². The molecule has 0 aromatic heterocycles. The Morgan fingerprint density at radius 2 is 1.75 bits per heavy atom. The zero-order chi connectivity index (χ0) is 14.8. The Balaban J connectivity index is 1.64. The summed E-state index contributed by atoms with van der Waals surface area (Å²) in [6.45, 7) is 16.0. The fourth-order valence-electron chi connectivity index (χ4n) is 3.53. The molecule has 2 heterocycles. The highest BCUT2D eigenvalue weighted by Crippen LogP contribution is 2.37. The summed E-state index contributed by atoms with van der Waals surface area (Å²) in [5, 5.41) is 3.71. The molecule has 1 N–H and O–H groups in total. The topological polar surface area (TPSA) is 27.7 Å². The third-order valence-corrected chi connectivity index (χ3v) is 4.71. The van der Waals surface area contributed by atoms with Gasteiger partial charge in [-0.3, -0.25) is 0 Å². The molecule has 2 aliphatic heterocycles. The van der Waals surface area contributed by atoms with Crippen LogP contribution in [0.25, 0.3) is 0 Å². The molecule has 20 heavy (non-hydrogen) atoms. The van der Waals surface area contributed by atoms with Gasteiger partial charge in [-0.1, -0.05) is 0 Å². The zero-order valence-electron chi connectivity index (χ0n) is 14.0. The zero-order valence-corrected chi connectivity index (χ0v) is 14.0. The van der Waals surface area contributed by atoms with E-state index in [4.69, 9.17) is 4.74 Å². The monoisotopic (exact) mass is 283 g/mol. The van der Waals surface area contributed by atoms with Crippen molar-refractivity contribution in [3.05, 3.63) is 0 Å². The highest BCUT2D eigenvalue weighted by molar-refractivity contribution is 4.98. The molecule has 2 saturated heterocycles. The van der Waals surface area contributed by atoms with Crippen LogP contribution in [0.4, 0.5) is 0 Å². The molecule has 4 heteroatoms. The first kappa shape index (κ1) is 16.2. The Kier molecular flexibility index (Phi) is 5.11. The van der Waals surface area contributed by atoms with Crippen LogP contribution >= 0.6 is 0 Å². The average molecular weight is 283 g/mol. The second-order valence-electron chi connectivity index (χ2n) is 7.67. The van der Waals surface area contributed by atoms with Crippen molar-refractivity contribution in [1.82, 2.24) is 15.1 Å². The first-order chi connectivity index (χ1) is 9.28. The number of rotatable bonds is 5. The van der Waals surface area contributed by atoms with Crippen LogP contribution in [0.1, 0.15) is 40.5 Å². The molecular weight excluding hydrogens is 250 g/mol. The number of hydrogen-bond donors (Lipinski definition) is 1. The molecule has 1 atom stereocenters. The van der Waals surface area contributed by atoms with E-state index in [-0.39, 0.29) is 11.2 Å². The van der Waals surface area contributed by atoms with Crippen LogP contribution in [0.5, 0.6) is 0 Å². The number of likely N-dealkylation sites (N-methyl/N-ethyl adjacent to an activating group) is 1. The Morgan fingerprint density at radius 1 is 1.10 bits per heavy atom. The van der Waals surface area contributed by atoms with Gasteiger partial charge in [-0.15, -0.1) is 0 Å². The molecule has 2 fully saturated rings. The van der Waals surface area contributed by atoms with Gasteiger partial charge >= 0.3 is 0 Å². The SMILES string of the molecule is CN1CCN(CCCNC2CC(C)(C)OC2(C)C)CC1. The second kappa shape index (κ2) is 6.30. The van der Waals surface area contributed by atoms with Crippen LogP contribution in [0.3, 0.4) is 0 Å². The molecule has 0 aromatic carbocycles. The predicted molar refractivity (Wildman–Crippen MR) is 84.2 cm³/mol. The Bertz CT molecular complexity index is 309. The summed E-state index contributed by atoms with van der Waals surface area (Å²) in [5.41, 5.74) is -0.0318. The second-order valence-corrected chi connectivity index (χ2v) is 7.67. The van der Waals surface area contributed by atoms with Crippen LogP contribution in [0, 0.1) is 0 Å². The summed E-state index contributed by atoms with van der Waals surface area (Å²) in [4.78, 5) is 5.00. The molecule has 0 spiro atoms. The molecule has 1 unspecified atom stereocenters. The third-order valence-electron chi connectivity index (χ3n) is 4.71. The van der Waals surface area contributed by atoms with Crippen LogP contribution in [-0.2, 0) is 4.74 Å². The van der Waals surface area contributed by atoms with E-state index in [2.05, 4.69) is 49.9 Å². The lowest BCUT2D eigenvalue weighted by Gasteiger charge is -2.32. The van der Waals surface area contributed by atoms with E-state index in [9.17, 15) is 0 Å². The fraction of sp³-hybridized carbons (Fsp3) is 1.00. The highest BCUT2D eigenvalue weighted by Gasteiger charge is 2.45. The molecule has 118 valence electrons.